The summed E-state index contributed by atoms with van der Waals surface area (Å²) in [5, 5.41) is 19.0. The second-order valence-corrected chi connectivity index (χ2v) is 3.40. The van der Waals surface area contributed by atoms with Gasteiger partial charge in [0.15, 0.2) is 5.82 Å². The second kappa shape index (κ2) is 3.64. The molecule has 6 nitrogen and oxygen atoms in total. The number of hydrogen-bond donors (Lipinski definition) is 1. The first-order valence-corrected chi connectivity index (χ1v) is 4.55. The van der Waals surface area contributed by atoms with Gasteiger partial charge in [0, 0.05) is 26.2 Å². The van der Waals surface area contributed by atoms with Gasteiger partial charge in [-0.25, -0.2) is 0 Å². The molecule has 74 valence electrons. The lowest BCUT2D eigenvalue weighted by molar-refractivity contribution is 0.312. The van der Waals surface area contributed by atoms with Crippen LogP contribution in [0, 0.1) is 11.3 Å². The molecule has 0 saturated carbocycles. The Balaban J connectivity index is 2.13. The van der Waals surface area contributed by atoms with Crippen LogP contribution < -0.4 is 4.90 Å². The standard InChI is InChI=1S/C8H12N6/c1-13-2-4-14(5-3-13)8-7(6-9)10-12-11-8/h2-5H2,1H3,(H,10,11,12). The van der Waals surface area contributed by atoms with Gasteiger partial charge in [0.1, 0.15) is 6.07 Å². The summed E-state index contributed by atoms with van der Waals surface area (Å²) in [6, 6.07) is 2.02. The summed E-state index contributed by atoms with van der Waals surface area (Å²) < 4.78 is 0. The Morgan fingerprint density at radius 3 is 2.64 bits per heavy atom. The Hall–Kier alpha value is -1.61. The number of piperazine rings is 1. The van der Waals surface area contributed by atoms with Crippen molar-refractivity contribution in [2.24, 2.45) is 0 Å². The molecule has 0 aromatic carbocycles. The van der Waals surface area contributed by atoms with E-state index in [-0.39, 0.29) is 0 Å². The third kappa shape index (κ3) is 1.54. The maximum Gasteiger partial charge on any atom is 0.206 e. The van der Waals surface area contributed by atoms with Crippen LogP contribution in [0.2, 0.25) is 0 Å². The molecule has 0 spiro atoms. The average molecular weight is 192 g/mol. The van der Waals surface area contributed by atoms with Crippen molar-refractivity contribution in [3.63, 3.8) is 0 Å². The molecule has 1 N–H and O–H groups in total. The maximum absolute atomic E-state index is 8.78. The summed E-state index contributed by atoms with van der Waals surface area (Å²) in [6.07, 6.45) is 0. The minimum atomic E-state index is 0.384. The van der Waals surface area contributed by atoms with Gasteiger partial charge in [0.05, 0.1) is 0 Å². The van der Waals surface area contributed by atoms with Crippen molar-refractivity contribution in [2.45, 2.75) is 0 Å². The van der Waals surface area contributed by atoms with Gasteiger partial charge in [-0.2, -0.15) is 10.5 Å². The predicted octanol–water partition coefficient (Wildman–Crippen LogP) is -0.572. The fourth-order valence-electron chi connectivity index (χ4n) is 1.54. The quantitative estimate of drug-likeness (QED) is 0.645. The van der Waals surface area contributed by atoms with Crippen LogP contribution in [0.25, 0.3) is 0 Å². The van der Waals surface area contributed by atoms with E-state index in [1.54, 1.807) is 0 Å². The van der Waals surface area contributed by atoms with E-state index in [0.29, 0.717) is 11.5 Å². The highest BCUT2D eigenvalue weighted by molar-refractivity contribution is 5.49. The average Bonchev–Trinajstić information content (AvgIpc) is 2.67. The first-order valence-electron chi connectivity index (χ1n) is 4.55. The molecule has 1 aromatic heterocycles. The first-order chi connectivity index (χ1) is 6.81. The van der Waals surface area contributed by atoms with Crippen LogP contribution in [0.3, 0.4) is 0 Å². The molecule has 2 rings (SSSR count). The number of H-pyrrole nitrogens is 1. The van der Waals surface area contributed by atoms with Crippen LogP contribution in [0.15, 0.2) is 0 Å². The minimum Gasteiger partial charge on any atom is -0.350 e. The molecule has 1 fully saturated rings. The Bertz CT molecular complexity index is 343. The van der Waals surface area contributed by atoms with Crippen molar-refractivity contribution in [1.29, 1.82) is 5.26 Å². The molecule has 0 bridgehead atoms. The number of hydrogen-bond acceptors (Lipinski definition) is 5. The summed E-state index contributed by atoms with van der Waals surface area (Å²) >= 11 is 0. The Kier molecular flexibility index (Phi) is 2.33. The number of likely N-dealkylation sites (N-methyl/N-ethyl adjacent to an activating group) is 1. The monoisotopic (exact) mass is 192 g/mol. The summed E-state index contributed by atoms with van der Waals surface area (Å²) in [5.41, 5.74) is 0.384. The van der Waals surface area contributed by atoms with Crippen LogP contribution in [0.1, 0.15) is 5.69 Å². The largest absolute Gasteiger partial charge is 0.350 e. The Labute approximate surface area is 82.1 Å². The number of aromatic amines is 1. The Morgan fingerprint density at radius 2 is 2.00 bits per heavy atom. The van der Waals surface area contributed by atoms with Gasteiger partial charge >= 0.3 is 0 Å². The minimum absolute atomic E-state index is 0.384. The van der Waals surface area contributed by atoms with Crippen molar-refractivity contribution in [2.75, 3.05) is 38.1 Å². The highest BCUT2D eigenvalue weighted by atomic mass is 15.4. The molecular formula is C8H12N6. The van der Waals surface area contributed by atoms with E-state index in [0.717, 1.165) is 26.2 Å². The van der Waals surface area contributed by atoms with E-state index < -0.39 is 0 Å². The van der Waals surface area contributed by atoms with Gasteiger partial charge in [-0.1, -0.05) is 0 Å². The van der Waals surface area contributed by atoms with E-state index in [2.05, 4.69) is 32.3 Å². The first kappa shape index (κ1) is 8.97. The molecule has 1 saturated heterocycles. The topological polar surface area (TPSA) is 71.8 Å². The molecule has 1 aliphatic rings. The van der Waals surface area contributed by atoms with Gasteiger partial charge in [-0.3, -0.25) is 0 Å². The molecule has 0 atom stereocenters. The third-order valence-corrected chi connectivity index (χ3v) is 2.44. The Morgan fingerprint density at radius 1 is 1.29 bits per heavy atom. The fraction of sp³-hybridized carbons (Fsp3) is 0.625. The van der Waals surface area contributed by atoms with Gasteiger partial charge in [0.25, 0.3) is 0 Å². The van der Waals surface area contributed by atoms with Crippen LogP contribution in [-0.4, -0.2) is 53.5 Å². The molecule has 2 heterocycles. The molecular weight excluding hydrogens is 180 g/mol. The number of aromatic nitrogens is 3. The van der Waals surface area contributed by atoms with Crippen molar-refractivity contribution in [1.82, 2.24) is 20.3 Å². The summed E-state index contributed by atoms with van der Waals surface area (Å²) in [4.78, 5) is 4.34. The maximum atomic E-state index is 8.78. The number of rotatable bonds is 1. The summed E-state index contributed by atoms with van der Waals surface area (Å²) in [5.74, 6) is 0.681. The van der Waals surface area contributed by atoms with Crippen molar-refractivity contribution in [3.8, 4) is 6.07 Å². The number of nitriles is 1. The molecule has 0 amide bonds. The molecule has 6 heteroatoms. The zero-order valence-electron chi connectivity index (χ0n) is 8.06. The molecule has 0 radical (unpaired) electrons. The zero-order valence-corrected chi connectivity index (χ0v) is 8.06. The van der Waals surface area contributed by atoms with Crippen molar-refractivity contribution in [3.05, 3.63) is 5.69 Å². The highest BCUT2D eigenvalue weighted by Gasteiger charge is 2.19. The van der Waals surface area contributed by atoms with Gasteiger partial charge < -0.3 is 9.80 Å². The summed E-state index contributed by atoms with van der Waals surface area (Å²) in [6.45, 7) is 3.80. The lowest BCUT2D eigenvalue weighted by Gasteiger charge is -2.32. The van der Waals surface area contributed by atoms with Crippen LogP contribution in [0.4, 0.5) is 5.82 Å². The fourth-order valence-corrected chi connectivity index (χ4v) is 1.54. The number of nitrogens with zero attached hydrogens (tertiary/aromatic N) is 5. The smallest absolute Gasteiger partial charge is 0.206 e. The third-order valence-electron chi connectivity index (χ3n) is 2.44. The van der Waals surface area contributed by atoms with E-state index >= 15 is 0 Å². The molecule has 1 aromatic rings. The van der Waals surface area contributed by atoms with Crippen LogP contribution in [-0.2, 0) is 0 Å². The van der Waals surface area contributed by atoms with E-state index in [4.69, 9.17) is 5.26 Å². The SMILES string of the molecule is CN1CCN(c2n[nH]nc2C#N)CC1. The lowest BCUT2D eigenvalue weighted by atomic mass is 10.3. The predicted molar refractivity (Wildman–Crippen MR) is 50.8 cm³/mol. The van der Waals surface area contributed by atoms with E-state index in [1.807, 2.05) is 6.07 Å². The normalized spacial score (nSPS) is 18.1. The van der Waals surface area contributed by atoms with Crippen LogP contribution >= 0.6 is 0 Å². The number of nitrogens with one attached hydrogen (secondary N) is 1. The lowest BCUT2D eigenvalue weighted by Crippen LogP contribution is -2.44. The second-order valence-electron chi connectivity index (χ2n) is 3.40. The van der Waals surface area contributed by atoms with Gasteiger partial charge in [0.2, 0.25) is 5.69 Å². The molecule has 14 heavy (non-hydrogen) atoms. The van der Waals surface area contributed by atoms with Crippen molar-refractivity contribution >= 4 is 5.82 Å². The molecule has 0 aliphatic carbocycles. The summed E-state index contributed by atoms with van der Waals surface area (Å²) in [7, 11) is 2.09. The van der Waals surface area contributed by atoms with E-state index in [1.165, 1.54) is 0 Å². The van der Waals surface area contributed by atoms with E-state index in [9.17, 15) is 0 Å². The van der Waals surface area contributed by atoms with Gasteiger partial charge in [-0.15, -0.1) is 10.2 Å². The highest BCUT2D eigenvalue weighted by Crippen LogP contribution is 2.14. The van der Waals surface area contributed by atoms with Crippen molar-refractivity contribution < 1.29 is 0 Å². The number of anilines is 1. The zero-order chi connectivity index (χ0) is 9.97. The molecule has 0 unspecified atom stereocenters. The van der Waals surface area contributed by atoms with Crippen LogP contribution in [0.5, 0.6) is 0 Å². The van der Waals surface area contributed by atoms with Gasteiger partial charge in [-0.05, 0) is 7.05 Å². The molecule has 1 aliphatic heterocycles.